The van der Waals surface area contributed by atoms with Crippen LogP contribution in [0.3, 0.4) is 0 Å². The van der Waals surface area contributed by atoms with Gasteiger partial charge >= 0.3 is 0 Å². The van der Waals surface area contributed by atoms with Crippen LogP contribution in [0, 0.1) is 11.8 Å². The van der Waals surface area contributed by atoms with Crippen LogP contribution in [0.4, 0.5) is 5.69 Å². The molecule has 0 aromatic heterocycles. The number of hydrogen-bond donors (Lipinski definition) is 3. The van der Waals surface area contributed by atoms with E-state index < -0.39 is 0 Å². The fraction of sp³-hybridized carbons (Fsp3) is 0.575. The molecular weight excluding hydrogens is 600 g/mol. The average molecular weight is 665 g/mol. The number of nitrogens with one attached hydrogen (secondary N) is 2. The number of ketones is 1. The number of hydrazine groups is 1. The summed E-state index contributed by atoms with van der Waals surface area (Å²) in [7, 11) is 0. The normalized spacial score (nSPS) is 15.3. The summed E-state index contributed by atoms with van der Waals surface area (Å²) >= 11 is 0. The summed E-state index contributed by atoms with van der Waals surface area (Å²) in [5, 5.41) is 15.0. The van der Waals surface area contributed by atoms with Crippen LogP contribution >= 0.6 is 0 Å². The number of allylic oxidation sites excluding steroid dienone is 1. The molecule has 0 unspecified atom stereocenters. The molecule has 3 N–H and O–H groups in total. The Morgan fingerprint density at radius 2 is 1.56 bits per heavy atom. The maximum absolute atomic E-state index is 12.6. The first-order valence-corrected chi connectivity index (χ1v) is 17.8. The Bertz CT molecular complexity index is 1270. The molecule has 0 spiro atoms. The molecule has 48 heavy (non-hydrogen) atoms. The van der Waals surface area contributed by atoms with E-state index in [1.165, 1.54) is 37.8 Å². The lowest BCUT2D eigenvalue weighted by molar-refractivity contribution is -0.120. The second-order valence-electron chi connectivity index (χ2n) is 13.6. The summed E-state index contributed by atoms with van der Waals surface area (Å²) < 4.78 is 4.83. The van der Waals surface area contributed by atoms with Crippen molar-refractivity contribution in [1.29, 1.82) is 0 Å². The Balaban J connectivity index is 0.000000815. The van der Waals surface area contributed by atoms with Gasteiger partial charge in [-0.2, -0.15) is 5.17 Å². The lowest BCUT2D eigenvalue weighted by atomic mass is 9.86. The van der Waals surface area contributed by atoms with Crippen LogP contribution < -0.4 is 15.9 Å². The van der Waals surface area contributed by atoms with E-state index in [1.54, 1.807) is 6.92 Å². The van der Waals surface area contributed by atoms with Crippen LogP contribution in [0.5, 0.6) is 0 Å². The fourth-order valence-corrected chi connectivity index (χ4v) is 4.87. The van der Waals surface area contributed by atoms with Gasteiger partial charge in [-0.25, -0.2) is 5.43 Å². The average Bonchev–Trinajstić information content (AvgIpc) is 3.06. The minimum atomic E-state index is -0.345. The molecular formula is C40H64N4O4. The van der Waals surface area contributed by atoms with Crippen molar-refractivity contribution >= 4 is 28.7 Å². The quantitative estimate of drug-likeness (QED) is 0.173. The number of Topliss-reactive ketones (excluding diaryl/α,β-unsaturated/α-hetero) is 1. The number of benzene rings is 2. The SMILES string of the molecule is CC.CC(=N/C=C(\C)c1ccc(CC(=O)NCc2ccccc2)cc1N(O)NC(C)(C)C)C1CCCCC1.CC1COC1.CCC(C)=O. The van der Waals surface area contributed by atoms with E-state index in [4.69, 9.17) is 9.73 Å². The van der Waals surface area contributed by atoms with E-state index >= 15 is 0 Å². The van der Waals surface area contributed by atoms with Crippen LogP contribution in [-0.4, -0.2) is 41.4 Å². The molecule has 1 aliphatic heterocycles. The van der Waals surface area contributed by atoms with Crippen LogP contribution in [-0.2, 0) is 27.3 Å². The summed E-state index contributed by atoms with van der Waals surface area (Å²) in [6, 6.07) is 15.6. The second-order valence-corrected chi connectivity index (χ2v) is 13.6. The van der Waals surface area contributed by atoms with Gasteiger partial charge in [-0.15, -0.1) is 0 Å². The lowest BCUT2D eigenvalue weighted by Crippen LogP contribution is -2.48. The zero-order valence-electron chi connectivity index (χ0n) is 31.5. The van der Waals surface area contributed by atoms with Crippen LogP contribution in [0.2, 0.25) is 0 Å². The molecule has 8 nitrogen and oxygen atoms in total. The van der Waals surface area contributed by atoms with Gasteiger partial charge in [-0.1, -0.05) is 89.4 Å². The number of anilines is 1. The molecule has 268 valence electrons. The van der Waals surface area contributed by atoms with Gasteiger partial charge in [0.05, 0.1) is 25.3 Å². The number of hydrogen-bond acceptors (Lipinski definition) is 7. The van der Waals surface area contributed by atoms with Gasteiger partial charge in [0.25, 0.3) is 0 Å². The predicted octanol–water partition coefficient (Wildman–Crippen LogP) is 9.11. The molecule has 8 heteroatoms. The van der Waals surface area contributed by atoms with Gasteiger partial charge in [0, 0.05) is 41.9 Å². The first-order valence-electron chi connectivity index (χ1n) is 17.8. The third kappa shape index (κ3) is 17.7. The predicted molar refractivity (Wildman–Crippen MR) is 201 cm³/mol. The van der Waals surface area contributed by atoms with Gasteiger partial charge in [0.15, 0.2) is 0 Å². The van der Waals surface area contributed by atoms with Crippen LogP contribution in [0.15, 0.2) is 59.7 Å². The zero-order valence-corrected chi connectivity index (χ0v) is 31.5. The second kappa shape index (κ2) is 23.1. The van der Waals surface area contributed by atoms with E-state index in [9.17, 15) is 14.8 Å². The lowest BCUT2D eigenvalue weighted by Gasteiger charge is -2.29. The Labute approximate surface area is 291 Å². The molecule has 0 atom stereocenters. The van der Waals surface area contributed by atoms with Crippen molar-refractivity contribution in [3.8, 4) is 0 Å². The summed E-state index contributed by atoms with van der Waals surface area (Å²) in [5.41, 5.74) is 8.23. The zero-order chi connectivity index (χ0) is 36.1. The minimum Gasteiger partial charge on any atom is -0.381 e. The number of nitrogens with zero attached hydrogens (tertiary/aromatic N) is 2. The third-order valence-corrected chi connectivity index (χ3v) is 7.81. The molecule has 2 fully saturated rings. The molecule has 1 heterocycles. The molecule has 1 aliphatic carbocycles. The summed E-state index contributed by atoms with van der Waals surface area (Å²) in [6.07, 6.45) is 9.12. The molecule has 1 amide bonds. The molecule has 0 bridgehead atoms. The first kappa shape index (κ1) is 42.7. The van der Waals surface area contributed by atoms with E-state index in [1.807, 2.05) is 103 Å². The van der Waals surface area contributed by atoms with E-state index in [2.05, 4.69) is 24.6 Å². The van der Waals surface area contributed by atoms with E-state index in [0.29, 0.717) is 24.6 Å². The van der Waals surface area contributed by atoms with E-state index in [0.717, 1.165) is 46.6 Å². The van der Waals surface area contributed by atoms with Gasteiger partial charge in [-0.05, 0) is 83.1 Å². The van der Waals surface area contributed by atoms with Crippen LogP contribution in [0.25, 0.3) is 5.57 Å². The third-order valence-electron chi connectivity index (χ3n) is 7.81. The van der Waals surface area contributed by atoms with E-state index in [-0.39, 0.29) is 23.7 Å². The summed E-state index contributed by atoms with van der Waals surface area (Å²) in [5.74, 6) is 1.60. The first-order chi connectivity index (χ1) is 22.8. The van der Waals surface area contributed by atoms with Gasteiger partial charge in [0.2, 0.25) is 5.91 Å². The Kier molecular flexibility index (Phi) is 20.5. The van der Waals surface area contributed by atoms with Gasteiger partial charge < -0.3 is 14.8 Å². The number of aliphatic imine (C=N–C) groups is 1. The highest BCUT2D eigenvalue weighted by Gasteiger charge is 2.19. The molecule has 2 aliphatic rings. The topological polar surface area (TPSA) is 103 Å². The molecule has 2 aromatic rings. The number of carbonyl (C=O) groups excluding carboxylic acids is 2. The van der Waals surface area contributed by atoms with Gasteiger partial charge in [0.1, 0.15) is 5.78 Å². The highest BCUT2D eigenvalue weighted by atomic mass is 16.5. The van der Waals surface area contributed by atoms with Crippen molar-refractivity contribution in [1.82, 2.24) is 10.7 Å². The van der Waals surface area contributed by atoms with Crippen LogP contribution in [0.1, 0.15) is 124 Å². The Hall–Kier alpha value is -3.33. The Morgan fingerprint density at radius 3 is 2.06 bits per heavy atom. The number of ether oxygens (including phenoxy) is 1. The fourth-order valence-electron chi connectivity index (χ4n) is 4.87. The van der Waals surface area contributed by atoms with Crippen molar-refractivity contribution in [2.24, 2.45) is 16.8 Å². The van der Waals surface area contributed by atoms with Crippen molar-refractivity contribution < 1.29 is 19.5 Å². The standard InChI is InChI=1S/C30H42N4O2.2C4H8O.C2H6/c1-22(20-31-23(2)26-14-10-7-11-15-26)27-17-16-25(18-28(27)34(36)33-30(3,4)5)19-29(35)32-21-24-12-8-6-9-13-24;1-4-2-5-3-4;1-3-4(2)5;1-2/h6,8-9,12-13,16-18,20,26,33,36H,7,10-11,14-15,19,21H2,1-5H3,(H,32,35);4H,2-3H2,1H3;3H2,1-2H3;1-2H3/b22-20+,31-23?;;;. The maximum Gasteiger partial charge on any atom is 0.224 e. The number of carbonyl (C=O) groups is 2. The maximum atomic E-state index is 12.6. The molecule has 4 rings (SSSR count). The van der Waals surface area contributed by atoms with Gasteiger partial charge in [-0.3, -0.25) is 15.0 Å². The molecule has 1 saturated heterocycles. The monoisotopic (exact) mass is 664 g/mol. The van der Waals surface area contributed by atoms with Crippen molar-refractivity contribution in [3.63, 3.8) is 0 Å². The minimum absolute atomic E-state index is 0.0641. The van der Waals surface area contributed by atoms with Crippen molar-refractivity contribution in [2.45, 2.75) is 126 Å². The number of amides is 1. The molecule has 2 aromatic carbocycles. The van der Waals surface area contributed by atoms with Crippen molar-refractivity contribution in [2.75, 3.05) is 18.4 Å². The Morgan fingerprint density at radius 1 is 0.979 bits per heavy atom. The molecule has 1 saturated carbocycles. The summed E-state index contributed by atoms with van der Waals surface area (Å²) in [6.45, 7) is 22.2. The number of rotatable bonds is 10. The molecule has 0 radical (unpaired) electrons. The highest BCUT2D eigenvalue weighted by Crippen LogP contribution is 2.29. The smallest absolute Gasteiger partial charge is 0.224 e. The largest absolute Gasteiger partial charge is 0.381 e. The van der Waals surface area contributed by atoms with Crippen molar-refractivity contribution in [3.05, 3.63) is 71.4 Å². The highest BCUT2D eigenvalue weighted by molar-refractivity contribution is 5.86. The summed E-state index contributed by atoms with van der Waals surface area (Å²) in [4.78, 5) is 27.2.